The monoisotopic (exact) mass is 168 g/mol. The average Bonchev–Trinajstić information content (AvgIpc) is 2.04. The van der Waals surface area contributed by atoms with Gasteiger partial charge in [-0.1, -0.05) is 19.1 Å². The van der Waals surface area contributed by atoms with Gasteiger partial charge in [-0.25, -0.2) is 0 Å². The van der Waals surface area contributed by atoms with Crippen molar-refractivity contribution in [3.8, 4) is 0 Å². The molecule has 0 radical (unpaired) electrons. The molecule has 1 fully saturated rings. The molecule has 0 amide bonds. The highest BCUT2D eigenvalue weighted by atomic mass is 15.1. The van der Waals surface area contributed by atoms with Crippen LogP contribution in [0.3, 0.4) is 0 Å². The van der Waals surface area contributed by atoms with Crippen LogP contribution in [-0.2, 0) is 0 Å². The molecule has 1 aliphatic rings. The highest BCUT2D eigenvalue weighted by Gasteiger charge is 2.16. The number of likely N-dealkylation sites (tertiary alicyclic amines) is 1. The van der Waals surface area contributed by atoms with Crippen molar-refractivity contribution in [3.05, 3.63) is 12.2 Å². The van der Waals surface area contributed by atoms with E-state index in [9.17, 15) is 0 Å². The zero-order valence-corrected chi connectivity index (χ0v) is 8.05. The fraction of sp³-hybridized carbons (Fsp3) is 0.800. The molecule has 0 aromatic carbocycles. The third-order valence-electron chi connectivity index (χ3n) is 2.49. The summed E-state index contributed by atoms with van der Waals surface area (Å²) in [5.41, 5.74) is 7.19. The predicted molar refractivity (Wildman–Crippen MR) is 53.1 cm³/mol. The smallest absolute Gasteiger partial charge is 0.0190 e. The first-order chi connectivity index (χ1) is 5.72. The summed E-state index contributed by atoms with van der Waals surface area (Å²) in [6, 6.07) is 0.392. The second-order valence-electron chi connectivity index (χ2n) is 3.74. The van der Waals surface area contributed by atoms with Crippen LogP contribution in [0.5, 0.6) is 0 Å². The van der Waals surface area contributed by atoms with Crippen molar-refractivity contribution < 1.29 is 0 Å². The Hall–Kier alpha value is -0.340. The topological polar surface area (TPSA) is 29.3 Å². The van der Waals surface area contributed by atoms with Gasteiger partial charge in [0.25, 0.3) is 0 Å². The van der Waals surface area contributed by atoms with E-state index in [1.54, 1.807) is 0 Å². The van der Waals surface area contributed by atoms with E-state index in [0.717, 1.165) is 19.5 Å². The molecule has 0 aromatic rings. The van der Waals surface area contributed by atoms with Crippen molar-refractivity contribution in [2.45, 2.75) is 32.2 Å². The van der Waals surface area contributed by atoms with Gasteiger partial charge in [-0.15, -0.1) is 0 Å². The van der Waals surface area contributed by atoms with Crippen LogP contribution in [0.25, 0.3) is 0 Å². The van der Waals surface area contributed by atoms with Gasteiger partial charge in [0.2, 0.25) is 0 Å². The molecule has 2 N–H and O–H groups in total. The average molecular weight is 168 g/mol. The minimum absolute atomic E-state index is 0.392. The Labute approximate surface area is 75.4 Å². The molecule has 0 spiro atoms. The fourth-order valence-corrected chi connectivity index (χ4v) is 1.66. The number of piperidine rings is 1. The fourth-order valence-electron chi connectivity index (χ4n) is 1.66. The maximum absolute atomic E-state index is 5.87. The minimum Gasteiger partial charge on any atom is -0.327 e. The molecule has 1 atom stereocenters. The molecule has 1 heterocycles. The number of hydrogen-bond acceptors (Lipinski definition) is 2. The highest BCUT2D eigenvalue weighted by Crippen LogP contribution is 2.10. The maximum atomic E-state index is 5.87. The number of nitrogens with zero attached hydrogens (tertiary/aromatic N) is 1. The Bertz CT molecular complexity index is 154. The molecular formula is C10H20N2. The van der Waals surface area contributed by atoms with E-state index in [2.05, 4.69) is 18.4 Å². The molecule has 0 aliphatic carbocycles. The van der Waals surface area contributed by atoms with Gasteiger partial charge in [0.1, 0.15) is 0 Å². The van der Waals surface area contributed by atoms with Crippen molar-refractivity contribution in [2.75, 3.05) is 19.6 Å². The van der Waals surface area contributed by atoms with Crippen LogP contribution >= 0.6 is 0 Å². The lowest BCUT2D eigenvalue weighted by molar-refractivity contribution is 0.224. The van der Waals surface area contributed by atoms with E-state index >= 15 is 0 Å². The molecule has 1 aliphatic heterocycles. The van der Waals surface area contributed by atoms with Gasteiger partial charge in [0.15, 0.2) is 0 Å². The zero-order chi connectivity index (χ0) is 8.97. The number of rotatable bonds is 3. The first-order valence-corrected chi connectivity index (χ1v) is 4.87. The Morgan fingerprint density at radius 2 is 2.42 bits per heavy atom. The molecule has 70 valence electrons. The second-order valence-corrected chi connectivity index (χ2v) is 3.74. The van der Waals surface area contributed by atoms with E-state index in [1.807, 2.05) is 0 Å². The van der Waals surface area contributed by atoms with E-state index in [1.165, 1.54) is 25.0 Å². The van der Waals surface area contributed by atoms with Gasteiger partial charge in [0.05, 0.1) is 0 Å². The van der Waals surface area contributed by atoms with Crippen molar-refractivity contribution in [2.24, 2.45) is 5.73 Å². The maximum Gasteiger partial charge on any atom is 0.0190 e. The van der Waals surface area contributed by atoms with Crippen LogP contribution in [0.4, 0.5) is 0 Å². The van der Waals surface area contributed by atoms with E-state index in [-0.39, 0.29) is 0 Å². The number of nitrogens with two attached hydrogens (primary N) is 1. The normalized spacial score (nSPS) is 25.7. The van der Waals surface area contributed by atoms with Gasteiger partial charge in [-0.05, 0) is 25.8 Å². The summed E-state index contributed by atoms with van der Waals surface area (Å²) in [6.45, 7) is 9.47. The molecule has 1 saturated heterocycles. The van der Waals surface area contributed by atoms with Gasteiger partial charge < -0.3 is 5.73 Å². The van der Waals surface area contributed by atoms with Crippen LogP contribution in [0.2, 0.25) is 0 Å². The number of hydrogen-bond donors (Lipinski definition) is 1. The lowest BCUT2D eigenvalue weighted by Crippen LogP contribution is -2.43. The standard InChI is InChI=1S/C10H20N2/c1-3-9(2)7-12-6-4-5-10(11)8-12/h10H,2-8,11H2,1H3/t10-/m1/s1. The van der Waals surface area contributed by atoms with Crippen LogP contribution in [0, 0.1) is 0 Å². The van der Waals surface area contributed by atoms with Crippen LogP contribution in [-0.4, -0.2) is 30.6 Å². The molecule has 2 nitrogen and oxygen atoms in total. The molecule has 0 bridgehead atoms. The van der Waals surface area contributed by atoms with Crippen molar-refractivity contribution >= 4 is 0 Å². The molecule has 1 rings (SSSR count). The summed E-state index contributed by atoms with van der Waals surface area (Å²) in [4.78, 5) is 2.42. The summed E-state index contributed by atoms with van der Waals surface area (Å²) in [5, 5.41) is 0. The molecule has 0 unspecified atom stereocenters. The van der Waals surface area contributed by atoms with Gasteiger partial charge in [0, 0.05) is 19.1 Å². The molecule has 0 saturated carbocycles. The molecule has 0 aromatic heterocycles. The summed E-state index contributed by atoms with van der Waals surface area (Å²) in [5.74, 6) is 0. The first kappa shape index (κ1) is 9.75. The first-order valence-electron chi connectivity index (χ1n) is 4.87. The summed E-state index contributed by atoms with van der Waals surface area (Å²) in [6.07, 6.45) is 3.53. The Balaban J connectivity index is 2.27. The third-order valence-corrected chi connectivity index (χ3v) is 2.49. The van der Waals surface area contributed by atoms with Crippen molar-refractivity contribution in [3.63, 3.8) is 0 Å². The SMILES string of the molecule is C=C(CC)CN1CCC[C@@H](N)C1. The summed E-state index contributed by atoms with van der Waals surface area (Å²) < 4.78 is 0. The molecular weight excluding hydrogens is 148 g/mol. The van der Waals surface area contributed by atoms with Gasteiger partial charge in [-0.3, -0.25) is 4.90 Å². The largest absolute Gasteiger partial charge is 0.327 e. The van der Waals surface area contributed by atoms with Crippen molar-refractivity contribution in [1.29, 1.82) is 0 Å². The van der Waals surface area contributed by atoms with Gasteiger partial charge in [-0.2, -0.15) is 0 Å². The third kappa shape index (κ3) is 2.95. The van der Waals surface area contributed by atoms with Crippen LogP contribution in [0.1, 0.15) is 26.2 Å². The highest BCUT2D eigenvalue weighted by molar-refractivity contribution is 4.97. The van der Waals surface area contributed by atoms with E-state index < -0.39 is 0 Å². The summed E-state index contributed by atoms with van der Waals surface area (Å²) >= 11 is 0. The van der Waals surface area contributed by atoms with E-state index in [0.29, 0.717) is 6.04 Å². The van der Waals surface area contributed by atoms with E-state index in [4.69, 9.17) is 5.73 Å². The molecule has 2 heteroatoms. The Morgan fingerprint density at radius 1 is 1.67 bits per heavy atom. The van der Waals surface area contributed by atoms with Gasteiger partial charge >= 0.3 is 0 Å². The quantitative estimate of drug-likeness (QED) is 0.645. The van der Waals surface area contributed by atoms with Crippen molar-refractivity contribution in [1.82, 2.24) is 4.90 Å². The Kier molecular flexibility index (Phi) is 3.76. The lowest BCUT2D eigenvalue weighted by atomic mass is 10.1. The second kappa shape index (κ2) is 4.63. The minimum atomic E-state index is 0.392. The van der Waals surface area contributed by atoms with Crippen LogP contribution < -0.4 is 5.73 Å². The Morgan fingerprint density at radius 3 is 3.00 bits per heavy atom. The zero-order valence-electron chi connectivity index (χ0n) is 8.05. The summed E-state index contributed by atoms with van der Waals surface area (Å²) in [7, 11) is 0. The molecule has 12 heavy (non-hydrogen) atoms. The van der Waals surface area contributed by atoms with Crippen LogP contribution in [0.15, 0.2) is 12.2 Å². The lowest BCUT2D eigenvalue weighted by Gasteiger charge is -2.30. The predicted octanol–water partition coefficient (Wildman–Crippen LogP) is 1.38.